The summed E-state index contributed by atoms with van der Waals surface area (Å²) in [5, 5.41) is 9.89. The normalized spacial score (nSPS) is 11.2. The van der Waals surface area contributed by atoms with E-state index in [4.69, 9.17) is 14.6 Å². The number of hydrogen-bond acceptors (Lipinski definition) is 6. The van der Waals surface area contributed by atoms with Gasteiger partial charge in [-0.05, 0) is 6.92 Å². The summed E-state index contributed by atoms with van der Waals surface area (Å²) in [4.78, 5) is 18.1. The molecule has 0 aliphatic heterocycles. The van der Waals surface area contributed by atoms with E-state index in [9.17, 15) is 4.79 Å². The number of hydrogen-bond donors (Lipinski definition) is 1. The molecular formula is C12H20N2O4S. The van der Waals surface area contributed by atoms with Crippen LogP contribution in [0.15, 0.2) is 0 Å². The number of ether oxygens (including phenoxy) is 2. The molecule has 1 N–H and O–H groups in total. The Morgan fingerprint density at radius 3 is 2.37 bits per heavy atom. The lowest BCUT2D eigenvalue weighted by Gasteiger charge is -2.20. The first-order chi connectivity index (χ1) is 9.08. The lowest BCUT2D eigenvalue weighted by atomic mass is 10.3. The molecule has 0 amide bonds. The maximum Gasteiger partial charge on any atom is 0.355 e. The Balaban J connectivity index is 2.73. The van der Waals surface area contributed by atoms with Gasteiger partial charge in [0, 0.05) is 33.9 Å². The van der Waals surface area contributed by atoms with E-state index in [1.165, 1.54) is 11.3 Å². The third-order valence-electron chi connectivity index (χ3n) is 2.60. The number of carbonyl (C=O) groups is 1. The van der Waals surface area contributed by atoms with E-state index in [1.54, 1.807) is 14.2 Å². The van der Waals surface area contributed by atoms with Gasteiger partial charge in [0.15, 0.2) is 5.69 Å². The first-order valence-electron chi connectivity index (χ1n) is 5.98. The molecule has 0 unspecified atom stereocenters. The highest BCUT2D eigenvalue weighted by atomic mass is 32.1. The molecular weight excluding hydrogens is 268 g/mol. The molecule has 108 valence electrons. The summed E-state index contributed by atoms with van der Waals surface area (Å²) in [5.41, 5.74) is 0.155. The van der Waals surface area contributed by atoms with Crippen molar-refractivity contribution in [2.75, 3.05) is 40.5 Å². The predicted molar refractivity (Wildman–Crippen MR) is 72.8 cm³/mol. The molecule has 0 fully saturated rings. The Labute approximate surface area is 117 Å². The maximum absolute atomic E-state index is 11.1. The van der Waals surface area contributed by atoms with Gasteiger partial charge in [0.1, 0.15) is 0 Å². The smallest absolute Gasteiger partial charge is 0.355 e. The molecule has 1 rings (SSSR count). The zero-order chi connectivity index (χ0) is 14.3. The van der Waals surface area contributed by atoms with Crippen molar-refractivity contribution >= 4 is 17.3 Å². The third kappa shape index (κ3) is 5.23. The molecule has 0 aromatic carbocycles. The number of aryl methyl sites for hydroxylation is 1. The minimum atomic E-state index is -0.974. The van der Waals surface area contributed by atoms with Crippen LogP contribution in [0, 0.1) is 6.92 Å². The Bertz CT molecular complexity index is 400. The largest absolute Gasteiger partial charge is 0.476 e. The lowest BCUT2D eigenvalue weighted by Crippen LogP contribution is -2.30. The van der Waals surface area contributed by atoms with Crippen molar-refractivity contribution in [1.82, 2.24) is 9.88 Å². The molecule has 1 heterocycles. The van der Waals surface area contributed by atoms with Crippen LogP contribution in [-0.4, -0.2) is 61.5 Å². The fourth-order valence-electron chi connectivity index (χ4n) is 1.66. The van der Waals surface area contributed by atoms with Crippen LogP contribution in [0.4, 0.5) is 0 Å². The van der Waals surface area contributed by atoms with Gasteiger partial charge in [-0.25, -0.2) is 9.78 Å². The topological polar surface area (TPSA) is 71.9 Å². The molecule has 0 atom stereocenters. The maximum atomic E-state index is 11.1. The Kier molecular flexibility index (Phi) is 6.93. The number of aromatic carboxylic acids is 1. The van der Waals surface area contributed by atoms with Gasteiger partial charge in [0.25, 0.3) is 0 Å². The zero-order valence-electron chi connectivity index (χ0n) is 11.5. The summed E-state index contributed by atoms with van der Waals surface area (Å²) in [6.07, 6.45) is 0. The highest BCUT2D eigenvalue weighted by molar-refractivity contribution is 7.11. The zero-order valence-corrected chi connectivity index (χ0v) is 12.3. The molecule has 1 aromatic rings. The van der Waals surface area contributed by atoms with Crippen molar-refractivity contribution in [3.8, 4) is 0 Å². The predicted octanol–water partition coefficient (Wildman–Crippen LogP) is 1.24. The molecule has 0 saturated heterocycles. The molecule has 0 bridgehead atoms. The van der Waals surface area contributed by atoms with E-state index in [-0.39, 0.29) is 5.69 Å². The minimum absolute atomic E-state index is 0.155. The average molecular weight is 288 g/mol. The summed E-state index contributed by atoms with van der Waals surface area (Å²) in [7, 11) is 3.29. The fraction of sp³-hybridized carbons (Fsp3) is 0.667. The second-order valence-corrected chi connectivity index (χ2v) is 5.36. The monoisotopic (exact) mass is 288 g/mol. The van der Waals surface area contributed by atoms with Gasteiger partial charge in [-0.2, -0.15) is 0 Å². The number of aromatic nitrogens is 1. The number of carboxylic acid groups (broad SMARTS) is 1. The number of thiazole rings is 1. The minimum Gasteiger partial charge on any atom is -0.476 e. The van der Waals surface area contributed by atoms with E-state index in [2.05, 4.69) is 9.88 Å². The van der Waals surface area contributed by atoms with Crippen LogP contribution < -0.4 is 0 Å². The molecule has 0 saturated carbocycles. The second-order valence-electron chi connectivity index (χ2n) is 4.07. The summed E-state index contributed by atoms with van der Waals surface area (Å²) in [6, 6.07) is 0. The number of carboxylic acids is 1. The van der Waals surface area contributed by atoms with E-state index >= 15 is 0 Å². The molecule has 7 heteroatoms. The molecule has 6 nitrogen and oxygen atoms in total. The van der Waals surface area contributed by atoms with E-state index < -0.39 is 5.97 Å². The van der Waals surface area contributed by atoms with Crippen molar-refractivity contribution in [2.24, 2.45) is 0 Å². The Morgan fingerprint density at radius 2 is 1.89 bits per heavy atom. The van der Waals surface area contributed by atoms with Gasteiger partial charge >= 0.3 is 5.97 Å². The highest BCUT2D eigenvalue weighted by Crippen LogP contribution is 2.20. The molecule has 0 aliphatic rings. The van der Waals surface area contributed by atoms with Crippen LogP contribution in [-0.2, 0) is 16.0 Å². The van der Waals surface area contributed by atoms with Crippen LogP contribution in [0.1, 0.15) is 20.4 Å². The van der Waals surface area contributed by atoms with Crippen LogP contribution >= 0.6 is 11.3 Å². The van der Waals surface area contributed by atoms with Gasteiger partial charge in [-0.3, -0.25) is 4.90 Å². The molecule has 0 aliphatic carbocycles. The van der Waals surface area contributed by atoms with Crippen molar-refractivity contribution in [3.63, 3.8) is 0 Å². The molecule has 1 aromatic heterocycles. The van der Waals surface area contributed by atoms with Crippen molar-refractivity contribution in [2.45, 2.75) is 13.5 Å². The summed E-state index contributed by atoms with van der Waals surface area (Å²) < 4.78 is 10.1. The number of methoxy groups -OCH3 is 2. The van der Waals surface area contributed by atoms with Gasteiger partial charge < -0.3 is 14.6 Å². The summed E-state index contributed by atoms with van der Waals surface area (Å²) in [6.45, 7) is 5.04. The van der Waals surface area contributed by atoms with Crippen molar-refractivity contribution in [3.05, 3.63) is 15.6 Å². The molecule has 0 spiro atoms. The second kappa shape index (κ2) is 8.21. The van der Waals surface area contributed by atoms with Crippen LogP contribution in [0.25, 0.3) is 0 Å². The summed E-state index contributed by atoms with van der Waals surface area (Å²) >= 11 is 1.42. The molecule has 19 heavy (non-hydrogen) atoms. The Morgan fingerprint density at radius 1 is 1.32 bits per heavy atom. The van der Waals surface area contributed by atoms with E-state index in [1.807, 2.05) is 6.92 Å². The number of nitrogens with zero attached hydrogens (tertiary/aromatic N) is 2. The SMILES string of the molecule is COCCN(CCOC)Cc1sc(C)nc1C(=O)O. The van der Waals surface area contributed by atoms with Crippen molar-refractivity contribution in [1.29, 1.82) is 0 Å². The van der Waals surface area contributed by atoms with Gasteiger partial charge in [0.2, 0.25) is 0 Å². The first kappa shape index (κ1) is 16.0. The van der Waals surface area contributed by atoms with Crippen LogP contribution in [0.5, 0.6) is 0 Å². The quantitative estimate of drug-likeness (QED) is 0.737. The number of rotatable bonds is 9. The standard InChI is InChI=1S/C12H20N2O4S/c1-9-13-11(12(15)16)10(19-9)8-14(4-6-17-2)5-7-18-3/h4-8H2,1-3H3,(H,15,16). The van der Waals surface area contributed by atoms with E-state index in [0.29, 0.717) is 19.8 Å². The van der Waals surface area contributed by atoms with Gasteiger partial charge in [0.05, 0.1) is 23.1 Å². The van der Waals surface area contributed by atoms with Gasteiger partial charge in [-0.15, -0.1) is 11.3 Å². The van der Waals surface area contributed by atoms with E-state index in [0.717, 1.165) is 23.0 Å². The van der Waals surface area contributed by atoms with Crippen LogP contribution in [0.2, 0.25) is 0 Å². The Hall–Kier alpha value is -1.02. The fourth-order valence-corrected chi connectivity index (χ4v) is 2.63. The summed E-state index contributed by atoms with van der Waals surface area (Å²) in [5.74, 6) is -0.974. The van der Waals surface area contributed by atoms with Crippen LogP contribution in [0.3, 0.4) is 0 Å². The third-order valence-corrected chi connectivity index (χ3v) is 3.55. The lowest BCUT2D eigenvalue weighted by molar-refractivity contribution is 0.0687. The average Bonchev–Trinajstić information content (AvgIpc) is 2.73. The first-order valence-corrected chi connectivity index (χ1v) is 6.80. The molecule has 0 radical (unpaired) electrons. The van der Waals surface area contributed by atoms with Gasteiger partial charge in [-0.1, -0.05) is 0 Å². The van der Waals surface area contributed by atoms with Crippen molar-refractivity contribution < 1.29 is 19.4 Å². The highest BCUT2D eigenvalue weighted by Gasteiger charge is 2.18.